The lowest BCUT2D eigenvalue weighted by Gasteiger charge is -2.13. The van der Waals surface area contributed by atoms with Gasteiger partial charge in [0.2, 0.25) is 0 Å². The number of guanidine groups is 1. The normalized spacial score (nSPS) is 11.7. The van der Waals surface area contributed by atoms with Gasteiger partial charge in [0.15, 0.2) is 12.6 Å². The van der Waals surface area contributed by atoms with E-state index in [-0.39, 0.29) is 29.7 Å². The average molecular weight is 514 g/mol. The van der Waals surface area contributed by atoms with Gasteiger partial charge in [-0.05, 0) is 24.1 Å². The highest BCUT2D eigenvalue weighted by molar-refractivity contribution is 14.0. The molecule has 2 aromatic rings. The monoisotopic (exact) mass is 514 g/mol. The summed E-state index contributed by atoms with van der Waals surface area (Å²) in [7, 11) is 1.65. The van der Waals surface area contributed by atoms with Crippen molar-refractivity contribution >= 4 is 41.3 Å². The summed E-state index contributed by atoms with van der Waals surface area (Å²) >= 11 is 1.64. The topological polar surface area (TPSA) is 58.5 Å². The second-order valence-electron chi connectivity index (χ2n) is 5.40. The van der Waals surface area contributed by atoms with Crippen LogP contribution in [0, 0.1) is 0 Å². The molecule has 150 valence electrons. The Morgan fingerprint density at radius 3 is 2.63 bits per heavy atom. The van der Waals surface area contributed by atoms with Crippen LogP contribution in [0.3, 0.4) is 0 Å². The van der Waals surface area contributed by atoms with E-state index in [0.29, 0.717) is 19.0 Å². The van der Waals surface area contributed by atoms with Crippen LogP contribution in [-0.4, -0.2) is 30.8 Å². The lowest BCUT2D eigenvalue weighted by Crippen LogP contribution is -2.36. The minimum Gasteiger partial charge on any atom is -0.484 e. The molecular weight excluding hydrogens is 492 g/mol. The van der Waals surface area contributed by atoms with Crippen LogP contribution in [0.15, 0.2) is 35.5 Å². The number of aryl methyl sites for hydroxylation is 1. The van der Waals surface area contributed by atoms with Gasteiger partial charge >= 0.3 is 6.18 Å². The van der Waals surface area contributed by atoms with E-state index in [1.54, 1.807) is 36.6 Å². The Kier molecular flexibility index (Phi) is 9.84. The first kappa shape index (κ1) is 23.5. The molecule has 27 heavy (non-hydrogen) atoms. The maximum atomic E-state index is 12.2. The van der Waals surface area contributed by atoms with Crippen molar-refractivity contribution in [2.45, 2.75) is 32.6 Å². The van der Waals surface area contributed by atoms with E-state index in [4.69, 9.17) is 4.74 Å². The van der Waals surface area contributed by atoms with Gasteiger partial charge in [-0.25, -0.2) is 4.98 Å². The summed E-state index contributed by atoms with van der Waals surface area (Å²) < 4.78 is 41.4. The van der Waals surface area contributed by atoms with E-state index in [1.165, 1.54) is 10.9 Å². The molecule has 0 saturated carbocycles. The molecule has 1 aromatic carbocycles. The largest absolute Gasteiger partial charge is 0.484 e. The van der Waals surface area contributed by atoms with Crippen LogP contribution in [0.4, 0.5) is 13.2 Å². The standard InChI is InChI=1S/C17H21F3N4OS.HI/c1-3-14-9-22-15(26-14)10-24-16(21-2)23-8-12-5-4-6-13(7-12)25-11-17(18,19)20;/h4-7,9H,3,8,10-11H2,1-2H3,(H2,21,23,24);1H. The molecular formula is C17H22F3IN4OS. The predicted molar refractivity (Wildman–Crippen MR) is 112 cm³/mol. The summed E-state index contributed by atoms with van der Waals surface area (Å²) in [6, 6.07) is 6.52. The van der Waals surface area contributed by atoms with E-state index in [0.717, 1.165) is 17.0 Å². The minimum absolute atomic E-state index is 0. The molecule has 0 saturated heterocycles. The Labute approximate surface area is 177 Å². The summed E-state index contributed by atoms with van der Waals surface area (Å²) in [5, 5.41) is 7.24. The van der Waals surface area contributed by atoms with E-state index in [2.05, 4.69) is 27.5 Å². The van der Waals surface area contributed by atoms with Crippen LogP contribution < -0.4 is 15.4 Å². The molecule has 10 heteroatoms. The maximum Gasteiger partial charge on any atom is 0.422 e. The zero-order valence-corrected chi connectivity index (χ0v) is 18.1. The summed E-state index contributed by atoms with van der Waals surface area (Å²) in [4.78, 5) is 9.68. The van der Waals surface area contributed by atoms with Crippen molar-refractivity contribution < 1.29 is 17.9 Å². The van der Waals surface area contributed by atoms with Gasteiger partial charge < -0.3 is 15.4 Å². The van der Waals surface area contributed by atoms with Gasteiger partial charge in [0, 0.05) is 24.7 Å². The van der Waals surface area contributed by atoms with Gasteiger partial charge in [0.05, 0.1) is 6.54 Å². The first-order valence-corrected chi connectivity index (χ1v) is 8.88. The highest BCUT2D eigenvalue weighted by Crippen LogP contribution is 2.19. The summed E-state index contributed by atoms with van der Waals surface area (Å²) in [5.74, 6) is 0.763. The number of aliphatic imine (C=N–C) groups is 1. The lowest BCUT2D eigenvalue weighted by atomic mass is 10.2. The third kappa shape index (κ3) is 8.78. The van der Waals surface area contributed by atoms with Crippen molar-refractivity contribution in [3.8, 4) is 5.75 Å². The van der Waals surface area contributed by atoms with E-state index in [1.807, 2.05) is 6.20 Å². The fourth-order valence-electron chi connectivity index (χ4n) is 2.07. The fourth-order valence-corrected chi connectivity index (χ4v) is 2.87. The Hall–Kier alpha value is -1.56. The number of nitrogens with one attached hydrogen (secondary N) is 2. The third-order valence-electron chi connectivity index (χ3n) is 3.34. The molecule has 0 atom stereocenters. The maximum absolute atomic E-state index is 12.2. The van der Waals surface area contributed by atoms with Crippen LogP contribution in [0.5, 0.6) is 5.75 Å². The van der Waals surface area contributed by atoms with Crippen molar-refractivity contribution in [2.75, 3.05) is 13.7 Å². The van der Waals surface area contributed by atoms with E-state index in [9.17, 15) is 13.2 Å². The van der Waals surface area contributed by atoms with Gasteiger partial charge in [0.25, 0.3) is 0 Å². The zero-order chi connectivity index (χ0) is 19.0. The number of ether oxygens (including phenoxy) is 1. The molecule has 2 rings (SSSR count). The van der Waals surface area contributed by atoms with Crippen molar-refractivity contribution in [2.24, 2.45) is 4.99 Å². The second-order valence-corrected chi connectivity index (χ2v) is 6.60. The summed E-state index contributed by atoms with van der Waals surface area (Å²) in [6.07, 6.45) is -1.53. The molecule has 5 nitrogen and oxygen atoms in total. The van der Waals surface area contributed by atoms with E-state index >= 15 is 0 Å². The Morgan fingerprint density at radius 2 is 2.00 bits per heavy atom. The molecule has 0 amide bonds. The quantitative estimate of drug-likeness (QED) is 0.332. The molecule has 0 aliphatic rings. The van der Waals surface area contributed by atoms with Crippen molar-refractivity contribution in [1.29, 1.82) is 0 Å². The first-order valence-electron chi connectivity index (χ1n) is 8.06. The summed E-state index contributed by atoms with van der Waals surface area (Å²) in [6.45, 7) is 1.73. The van der Waals surface area contributed by atoms with Crippen LogP contribution in [0.1, 0.15) is 22.4 Å². The molecule has 2 N–H and O–H groups in total. The van der Waals surface area contributed by atoms with Crippen molar-refractivity contribution in [3.63, 3.8) is 0 Å². The number of hydrogen-bond acceptors (Lipinski definition) is 4. The SMILES string of the molecule is CCc1cnc(CNC(=NC)NCc2cccc(OCC(F)(F)F)c2)s1.I. The highest BCUT2D eigenvalue weighted by atomic mass is 127. The fraction of sp³-hybridized carbons (Fsp3) is 0.412. The first-order chi connectivity index (χ1) is 12.4. The molecule has 0 unspecified atom stereocenters. The van der Waals surface area contributed by atoms with Gasteiger partial charge in [-0.15, -0.1) is 35.3 Å². The van der Waals surface area contributed by atoms with Crippen LogP contribution in [0.25, 0.3) is 0 Å². The van der Waals surface area contributed by atoms with Crippen LogP contribution in [-0.2, 0) is 19.5 Å². The van der Waals surface area contributed by atoms with Crippen molar-refractivity contribution in [1.82, 2.24) is 15.6 Å². The second kappa shape index (κ2) is 11.3. The van der Waals surface area contributed by atoms with Gasteiger partial charge in [0.1, 0.15) is 10.8 Å². The number of nitrogens with zero attached hydrogens (tertiary/aromatic N) is 2. The third-order valence-corrected chi connectivity index (χ3v) is 4.48. The molecule has 0 fully saturated rings. The van der Waals surface area contributed by atoms with Crippen molar-refractivity contribution in [3.05, 3.63) is 45.9 Å². The lowest BCUT2D eigenvalue weighted by molar-refractivity contribution is -0.153. The predicted octanol–water partition coefficient (Wildman–Crippen LogP) is 4.13. The molecule has 0 aliphatic heterocycles. The van der Waals surface area contributed by atoms with Gasteiger partial charge in [-0.2, -0.15) is 13.2 Å². The number of hydrogen-bond donors (Lipinski definition) is 2. The molecule has 1 aromatic heterocycles. The number of halogens is 4. The molecule has 0 radical (unpaired) electrons. The number of rotatable bonds is 7. The zero-order valence-electron chi connectivity index (χ0n) is 15.0. The molecule has 0 bridgehead atoms. The minimum atomic E-state index is -4.35. The van der Waals surface area contributed by atoms with Gasteiger partial charge in [-0.1, -0.05) is 19.1 Å². The smallest absolute Gasteiger partial charge is 0.422 e. The Bertz CT molecular complexity index is 737. The van der Waals surface area contributed by atoms with E-state index < -0.39 is 12.8 Å². The number of alkyl halides is 3. The molecule has 1 heterocycles. The van der Waals surface area contributed by atoms with Crippen LogP contribution >= 0.6 is 35.3 Å². The number of thiazole rings is 1. The Balaban J connectivity index is 0.00000364. The highest BCUT2D eigenvalue weighted by Gasteiger charge is 2.28. The van der Waals surface area contributed by atoms with Gasteiger partial charge in [-0.3, -0.25) is 4.99 Å². The number of aromatic nitrogens is 1. The van der Waals surface area contributed by atoms with Crippen LogP contribution in [0.2, 0.25) is 0 Å². The average Bonchev–Trinajstić information content (AvgIpc) is 3.08. The molecule has 0 spiro atoms. The number of benzene rings is 1. The summed E-state index contributed by atoms with van der Waals surface area (Å²) in [5.41, 5.74) is 0.787. The molecule has 0 aliphatic carbocycles. The Morgan fingerprint density at radius 1 is 1.26 bits per heavy atom.